The number of furan rings is 1. The van der Waals surface area contributed by atoms with E-state index < -0.39 is 32.4 Å². The maximum absolute atomic E-state index is 12.8. The Balaban J connectivity index is 1.48. The molecule has 8 heteroatoms. The van der Waals surface area contributed by atoms with Gasteiger partial charge in [-0.2, -0.15) is 4.98 Å². The number of ether oxygens (including phenoxy) is 1. The van der Waals surface area contributed by atoms with Crippen molar-refractivity contribution in [2.24, 2.45) is 0 Å². The lowest BCUT2D eigenvalue weighted by Gasteiger charge is -2.37. The van der Waals surface area contributed by atoms with Crippen LogP contribution in [0.25, 0.3) is 22.4 Å². The lowest BCUT2D eigenvalue weighted by atomic mass is 10.0. The van der Waals surface area contributed by atoms with E-state index in [1.807, 2.05) is 6.07 Å². The maximum atomic E-state index is 12.8. The normalized spacial score (nSPS) is 20.9. The average Bonchev–Trinajstić information content (AvgIpc) is 3.39. The van der Waals surface area contributed by atoms with Gasteiger partial charge in [-0.25, -0.2) is 4.79 Å². The summed E-state index contributed by atoms with van der Waals surface area (Å²) in [5, 5.41) is 11.4. The van der Waals surface area contributed by atoms with E-state index in [0.717, 1.165) is 17.4 Å². The third-order valence-electron chi connectivity index (χ3n) is 7.67. The molecule has 3 heterocycles. The van der Waals surface area contributed by atoms with Gasteiger partial charge in [-0.3, -0.25) is 4.57 Å². The van der Waals surface area contributed by atoms with Crippen LogP contribution in [0.4, 0.5) is 0 Å². The highest BCUT2D eigenvalue weighted by Crippen LogP contribution is 2.38. The van der Waals surface area contributed by atoms with Crippen LogP contribution in [-0.2, 0) is 15.6 Å². The van der Waals surface area contributed by atoms with Crippen LogP contribution in [0.2, 0.25) is 18.1 Å². The van der Waals surface area contributed by atoms with Crippen molar-refractivity contribution in [1.29, 1.82) is 0 Å². The molecule has 0 aliphatic carbocycles. The largest absolute Gasteiger partial charge is 0.437 e. The molecule has 196 valence electrons. The molecule has 1 saturated heterocycles. The van der Waals surface area contributed by atoms with E-state index in [-0.39, 0.29) is 5.04 Å². The molecule has 0 bridgehead atoms. The lowest BCUT2D eigenvalue weighted by Crippen LogP contribution is -2.43. The number of hydrogen-bond acceptors (Lipinski definition) is 6. The summed E-state index contributed by atoms with van der Waals surface area (Å²) in [7, 11) is -1.98. The van der Waals surface area contributed by atoms with E-state index >= 15 is 0 Å². The van der Waals surface area contributed by atoms with E-state index in [1.165, 1.54) is 29.4 Å². The molecule has 1 aliphatic heterocycles. The molecule has 3 atom stereocenters. The highest BCUT2D eigenvalue weighted by atomic mass is 28.4. The molecule has 0 saturated carbocycles. The molecule has 4 rings (SSSR count). The first-order chi connectivity index (χ1) is 17.0. The summed E-state index contributed by atoms with van der Waals surface area (Å²) in [4.78, 5) is 17.0. The Labute approximate surface area is 214 Å². The molecule has 3 aromatic rings. The fourth-order valence-electron chi connectivity index (χ4n) is 4.23. The van der Waals surface area contributed by atoms with Gasteiger partial charge in [0.05, 0.1) is 18.1 Å². The number of rotatable bonds is 9. The smallest absolute Gasteiger partial charge is 0.353 e. The molecule has 0 amide bonds. The SMILES string of the molecule is CCCCCc1ccc(-c2cc3cn([C@H]4C[C@H](O)[C@@H](CO[Si](C)(C)C(C)(C)C)O4)c(=O)nc3o2)cc1. The van der Waals surface area contributed by atoms with E-state index in [2.05, 4.69) is 70.0 Å². The van der Waals surface area contributed by atoms with E-state index in [9.17, 15) is 9.90 Å². The minimum atomic E-state index is -1.98. The Morgan fingerprint density at radius 3 is 2.58 bits per heavy atom. The van der Waals surface area contributed by atoms with Gasteiger partial charge in [-0.05, 0) is 42.6 Å². The van der Waals surface area contributed by atoms with Gasteiger partial charge >= 0.3 is 5.69 Å². The summed E-state index contributed by atoms with van der Waals surface area (Å²) in [5.41, 5.74) is 2.10. The van der Waals surface area contributed by atoms with Crippen molar-refractivity contribution in [1.82, 2.24) is 9.55 Å². The Hall–Kier alpha value is -2.26. The maximum Gasteiger partial charge on any atom is 0.353 e. The van der Waals surface area contributed by atoms with Crippen LogP contribution in [-0.4, -0.2) is 41.8 Å². The number of nitrogens with zero attached hydrogens (tertiary/aromatic N) is 2. The van der Waals surface area contributed by atoms with Crippen LogP contribution in [0.1, 0.15) is 65.2 Å². The van der Waals surface area contributed by atoms with Gasteiger partial charge in [0, 0.05) is 18.2 Å². The zero-order chi connectivity index (χ0) is 26.1. The van der Waals surface area contributed by atoms with Crippen LogP contribution in [0.5, 0.6) is 0 Å². The molecule has 1 N–H and O–H groups in total. The number of unbranched alkanes of at least 4 members (excludes halogenated alkanes) is 2. The lowest BCUT2D eigenvalue weighted by molar-refractivity contribution is -0.0430. The van der Waals surface area contributed by atoms with Crippen LogP contribution in [0, 0.1) is 0 Å². The Kier molecular flexibility index (Phi) is 7.90. The number of hydrogen-bond donors (Lipinski definition) is 1. The minimum absolute atomic E-state index is 0.0657. The van der Waals surface area contributed by atoms with Crippen molar-refractivity contribution in [3.63, 3.8) is 0 Å². The number of fused-ring (bicyclic) bond motifs is 1. The molecule has 0 spiro atoms. The van der Waals surface area contributed by atoms with E-state index in [1.54, 1.807) is 6.20 Å². The highest BCUT2D eigenvalue weighted by Gasteiger charge is 2.41. The molecule has 0 unspecified atom stereocenters. The second-order valence-electron chi connectivity index (χ2n) is 11.5. The van der Waals surface area contributed by atoms with Gasteiger partial charge in [0.25, 0.3) is 0 Å². The van der Waals surface area contributed by atoms with Crippen LogP contribution < -0.4 is 5.69 Å². The fourth-order valence-corrected chi connectivity index (χ4v) is 5.25. The first-order valence-corrected chi connectivity index (χ1v) is 16.0. The minimum Gasteiger partial charge on any atom is -0.437 e. The van der Waals surface area contributed by atoms with Gasteiger partial charge in [-0.15, -0.1) is 0 Å². The van der Waals surface area contributed by atoms with Gasteiger partial charge in [-0.1, -0.05) is 64.8 Å². The van der Waals surface area contributed by atoms with Gasteiger partial charge in [0.2, 0.25) is 5.71 Å². The Bertz CT molecular complexity index is 1230. The molecular formula is C28H40N2O5Si. The van der Waals surface area contributed by atoms with E-state index in [4.69, 9.17) is 13.6 Å². The highest BCUT2D eigenvalue weighted by molar-refractivity contribution is 6.74. The van der Waals surface area contributed by atoms with Crippen molar-refractivity contribution >= 4 is 19.4 Å². The zero-order valence-corrected chi connectivity index (χ0v) is 23.4. The molecule has 7 nitrogen and oxygen atoms in total. The summed E-state index contributed by atoms with van der Waals surface area (Å²) in [5.74, 6) is 0.669. The van der Waals surface area contributed by atoms with Gasteiger partial charge in [0.15, 0.2) is 8.32 Å². The van der Waals surface area contributed by atoms with Gasteiger partial charge < -0.3 is 18.7 Å². The number of aliphatic hydroxyl groups excluding tert-OH is 1. The summed E-state index contributed by atoms with van der Waals surface area (Å²) >= 11 is 0. The summed E-state index contributed by atoms with van der Waals surface area (Å²) in [6.07, 6.45) is 4.94. The van der Waals surface area contributed by atoms with Crippen LogP contribution in [0.3, 0.4) is 0 Å². The first kappa shape index (κ1) is 26.8. The summed E-state index contributed by atoms with van der Waals surface area (Å²) in [6.45, 7) is 13.4. The topological polar surface area (TPSA) is 86.7 Å². The Morgan fingerprint density at radius 1 is 1.19 bits per heavy atom. The quantitative estimate of drug-likeness (QED) is 0.277. The fraction of sp³-hybridized carbons (Fsp3) is 0.571. The molecule has 0 radical (unpaired) electrons. The van der Waals surface area contributed by atoms with E-state index in [0.29, 0.717) is 24.5 Å². The first-order valence-electron chi connectivity index (χ1n) is 13.1. The second kappa shape index (κ2) is 10.6. The molecule has 1 aromatic carbocycles. The molecular weight excluding hydrogens is 472 g/mol. The molecule has 36 heavy (non-hydrogen) atoms. The molecule has 1 fully saturated rings. The summed E-state index contributed by atoms with van der Waals surface area (Å²) < 4.78 is 19.7. The van der Waals surface area contributed by atoms with Crippen molar-refractivity contribution in [2.75, 3.05) is 6.61 Å². The number of aliphatic hydroxyl groups is 1. The molecule has 1 aliphatic rings. The Morgan fingerprint density at radius 2 is 1.92 bits per heavy atom. The average molecular weight is 513 g/mol. The van der Waals surface area contributed by atoms with Crippen molar-refractivity contribution in [3.05, 3.63) is 52.6 Å². The van der Waals surface area contributed by atoms with Crippen LogP contribution in [0.15, 0.2) is 45.7 Å². The third-order valence-corrected chi connectivity index (χ3v) is 12.2. The van der Waals surface area contributed by atoms with Crippen LogP contribution >= 0.6 is 0 Å². The summed E-state index contributed by atoms with van der Waals surface area (Å²) in [6, 6.07) is 10.3. The monoisotopic (exact) mass is 512 g/mol. The van der Waals surface area contributed by atoms with Gasteiger partial charge in [0.1, 0.15) is 18.1 Å². The number of aromatic nitrogens is 2. The third kappa shape index (κ3) is 5.83. The molecule has 2 aromatic heterocycles. The zero-order valence-electron chi connectivity index (χ0n) is 22.4. The van der Waals surface area contributed by atoms with Crippen molar-refractivity contribution in [3.8, 4) is 11.3 Å². The predicted molar refractivity (Wildman–Crippen MR) is 145 cm³/mol. The number of aryl methyl sites for hydroxylation is 1. The standard InChI is InChI=1S/C28H40N2O5Si/c1-7-8-9-10-19-11-13-20(14-12-19)23-15-21-17-30(27(32)29-26(21)35-23)25-16-22(31)24(34-25)18-33-36(5,6)28(2,3)4/h11-15,17,22,24-25,31H,7-10,16,18H2,1-6H3/t22-,24+,25+/m0/s1. The second-order valence-corrected chi connectivity index (χ2v) is 16.3. The number of benzene rings is 1. The van der Waals surface area contributed by atoms with Crippen molar-refractivity contribution in [2.45, 2.75) is 96.4 Å². The van der Waals surface area contributed by atoms with Crippen molar-refractivity contribution < 1.29 is 18.7 Å². The predicted octanol–water partition coefficient (Wildman–Crippen LogP) is 6.06.